The molecule has 0 spiro atoms. The van der Waals surface area contributed by atoms with Crippen LogP contribution in [0.4, 0.5) is 11.5 Å². The lowest BCUT2D eigenvalue weighted by molar-refractivity contribution is -0.385. The molecule has 0 saturated heterocycles. The molecule has 2 heterocycles. The monoisotopic (exact) mass is 352 g/mol. The third-order valence-electron chi connectivity index (χ3n) is 4.17. The van der Waals surface area contributed by atoms with Crippen molar-refractivity contribution in [1.29, 1.82) is 0 Å². The Labute approximate surface area is 150 Å². The second-order valence-corrected chi connectivity index (χ2v) is 7.15. The predicted octanol–water partition coefficient (Wildman–Crippen LogP) is 3.80. The fraction of sp³-hybridized carbons (Fsp3) is 0.263. The highest BCUT2D eigenvalue weighted by Gasteiger charge is 2.31. The van der Waals surface area contributed by atoms with Crippen molar-refractivity contribution in [3.8, 4) is 0 Å². The minimum absolute atomic E-state index is 0.0185. The van der Waals surface area contributed by atoms with Gasteiger partial charge in [-0.1, -0.05) is 57.2 Å². The minimum atomic E-state index is -0.705. The van der Waals surface area contributed by atoms with E-state index < -0.39 is 16.2 Å². The average molecular weight is 352 g/mol. The molecule has 3 aromatic rings. The fourth-order valence-electron chi connectivity index (χ4n) is 2.93. The van der Waals surface area contributed by atoms with Crippen LogP contribution >= 0.6 is 0 Å². The second kappa shape index (κ2) is 6.59. The molecule has 7 heteroatoms. The van der Waals surface area contributed by atoms with E-state index in [1.165, 1.54) is 10.6 Å². The Morgan fingerprint density at radius 1 is 1.12 bits per heavy atom. The second-order valence-electron chi connectivity index (χ2n) is 7.15. The lowest BCUT2D eigenvalue weighted by Gasteiger charge is -2.32. The van der Waals surface area contributed by atoms with Gasteiger partial charge in [0.15, 0.2) is 0 Å². The van der Waals surface area contributed by atoms with Gasteiger partial charge in [0, 0.05) is 6.20 Å². The van der Waals surface area contributed by atoms with Crippen LogP contribution in [-0.4, -0.2) is 14.3 Å². The van der Waals surface area contributed by atoms with Gasteiger partial charge in [0.05, 0.1) is 11.0 Å². The summed E-state index contributed by atoms with van der Waals surface area (Å²) in [5.74, 6) is -0.0185. The van der Waals surface area contributed by atoms with Crippen molar-refractivity contribution in [1.82, 2.24) is 9.38 Å². The van der Waals surface area contributed by atoms with E-state index in [2.05, 4.69) is 10.3 Å². The van der Waals surface area contributed by atoms with E-state index in [1.54, 1.807) is 18.2 Å². The summed E-state index contributed by atoms with van der Waals surface area (Å²) in [4.78, 5) is 27.8. The topological polar surface area (TPSA) is 89.5 Å². The Balaban J connectivity index is 2.19. The first-order valence-electron chi connectivity index (χ1n) is 8.26. The molecule has 0 aliphatic carbocycles. The molecular formula is C19H20N4O3. The van der Waals surface area contributed by atoms with Gasteiger partial charge in [0.1, 0.15) is 5.65 Å². The number of nitro groups is 1. The van der Waals surface area contributed by atoms with Gasteiger partial charge in [0.2, 0.25) is 5.82 Å². The quantitative estimate of drug-likeness (QED) is 0.570. The van der Waals surface area contributed by atoms with Gasteiger partial charge in [-0.2, -0.15) is 0 Å². The number of hydrogen-bond acceptors (Lipinski definition) is 5. The molecule has 0 saturated carbocycles. The van der Waals surface area contributed by atoms with Gasteiger partial charge in [-0.3, -0.25) is 19.3 Å². The van der Waals surface area contributed by atoms with Crippen LogP contribution < -0.4 is 10.9 Å². The van der Waals surface area contributed by atoms with E-state index in [0.717, 1.165) is 5.56 Å². The molecule has 0 amide bonds. The lowest BCUT2D eigenvalue weighted by Crippen LogP contribution is -2.28. The molecule has 1 atom stereocenters. The van der Waals surface area contributed by atoms with E-state index in [4.69, 9.17) is 0 Å². The first-order valence-corrected chi connectivity index (χ1v) is 8.26. The highest BCUT2D eigenvalue weighted by Crippen LogP contribution is 2.36. The van der Waals surface area contributed by atoms with Crippen LogP contribution in [0.2, 0.25) is 0 Å². The fourth-order valence-corrected chi connectivity index (χ4v) is 2.93. The number of fused-ring (bicyclic) bond motifs is 1. The minimum Gasteiger partial charge on any atom is -0.357 e. The third kappa shape index (κ3) is 3.28. The molecule has 134 valence electrons. The first kappa shape index (κ1) is 17.6. The summed E-state index contributed by atoms with van der Waals surface area (Å²) >= 11 is 0. The van der Waals surface area contributed by atoms with Gasteiger partial charge < -0.3 is 5.32 Å². The number of benzene rings is 1. The molecule has 0 aliphatic rings. The number of hydrogen-bond donors (Lipinski definition) is 1. The van der Waals surface area contributed by atoms with Crippen molar-refractivity contribution in [2.24, 2.45) is 5.41 Å². The highest BCUT2D eigenvalue weighted by molar-refractivity contribution is 5.60. The van der Waals surface area contributed by atoms with Gasteiger partial charge in [-0.05, 0) is 23.1 Å². The standard InChI is InChI=1S/C19H20N4O3/c1-19(2,3)16(13-9-5-4-6-10-13)21-17-15(23(25)26)18(24)22-12-8-7-11-14(22)20-17/h4-12,16,21H,1-3H3. The van der Waals surface area contributed by atoms with Gasteiger partial charge >= 0.3 is 11.2 Å². The zero-order valence-electron chi connectivity index (χ0n) is 14.8. The van der Waals surface area contributed by atoms with Crippen LogP contribution in [0.25, 0.3) is 5.65 Å². The summed E-state index contributed by atoms with van der Waals surface area (Å²) in [5.41, 5.74) is -0.211. The van der Waals surface area contributed by atoms with Crippen LogP contribution in [0.3, 0.4) is 0 Å². The molecular weight excluding hydrogens is 332 g/mol. The molecule has 1 N–H and O–H groups in total. The van der Waals surface area contributed by atoms with Gasteiger partial charge in [-0.15, -0.1) is 0 Å². The Morgan fingerprint density at radius 3 is 2.38 bits per heavy atom. The molecule has 26 heavy (non-hydrogen) atoms. The number of anilines is 1. The molecule has 0 fully saturated rings. The Morgan fingerprint density at radius 2 is 1.77 bits per heavy atom. The molecule has 1 unspecified atom stereocenters. The van der Waals surface area contributed by atoms with E-state index in [9.17, 15) is 14.9 Å². The number of pyridine rings is 1. The molecule has 0 bridgehead atoms. The summed E-state index contributed by atoms with van der Waals surface area (Å²) in [6, 6.07) is 14.4. The first-order chi connectivity index (χ1) is 12.3. The van der Waals surface area contributed by atoms with Crippen LogP contribution in [0.1, 0.15) is 32.4 Å². The summed E-state index contributed by atoms with van der Waals surface area (Å²) in [5, 5.41) is 14.7. The van der Waals surface area contributed by atoms with E-state index in [0.29, 0.717) is 5.65 Å². The van der Waals surface area contributed by atoms with Crippen molar-refractivity contribution < 1.29 is 4.92 Å². The van der Waals surface area contributed by atoms with Crippen LogP contribution in [0.5, 0.6) is 0 Å². The molecule has 0 radical (unpaired) electrons. The lowest BCUT2D eigenvalue weighted by atomic mass is 9.82. The van der Waals surface area contributed by atoms with E-state index in [-0.39, 0.29) is 17.3 Å². The maximum Gasteiger partial charge on any atom is 0.376 e. The van der Waals surface area contributed by atoms with E-state index >= 15 is 0 Å². The summed E-state index contributed by atoms with van der Waals surface area (Å²) in [6.45, 7) is 6.08. The summed E-state index contributed by atoms with van der Waals surface area (Å²) in [7, 11) is 0. The van der Waals surface area contributed by atoms with Crippen molar-refractivity contribution >= 4 is 17.2 Å². The van der Waals surface area contributed by atoms with Crippen molar-refractivity contribution in [3.05, 3.63) is 80.8 Å². The van der Waals surface area contributed by atoms with Crippen LogP contribution in [0.15, 0.2) is 59.5 Å². The van der Waals surface area contributed by atoms with Crippen molar-refractivity contribution in [2.75, 3.05) is 5.32 Å². The molecule has 0 aliphatic heterocycles. The molecule has 2 aromatic heterocycles. The van der Waals surface area contributed by atoms with E-state index in [1.807, 2.05) is 51.1 Å². The molecule has 3 rings (SSSR count). The van der Waals surface area contributed by atoms with Crippen molar-refractivity contribution in [3.63, 3.8) is 0 Å². The maximum absolute atomic E-state index is 12.6. The largest absolute Gasteiger partial charge is 0.376 e. The normalized spacial score (nSPS) is 12.7. The SMILES string of the molecule is CC(C)(C)C(Nc1nc2ccccn2c(=O)c1[N+](=O)[O-])c1ccccc1. The third-order valence-corrected chi connectivity index (χ3v) is 4.17. The zero-order valence-corrected chi connectivity index (χ0v) is 14.8. The summed E-state index contributed by atoms with van der Waals surface area (Å²) in [6.07, 6.45) is 1.47. The zero-order chi connectivity index (χ0) is 18.9. The van der Waals surface area contributed by atoms with Gasteiger partial charge in [-0.25, -0.2) is 4.98 Å². The van der Waals surface area contributed by atoms with Gasteiger partial charge in [0.25, 0.3) is 0 Å². The van der Waals surface area contributed by atoms with Crippen molar-refractivity contribution in [2.45, 2.75) is 26.8 Å². The predicted molar refractivity (Wildman–Crippen MR) is 100 cm³/mol. The Bertz CT molecular complexity index is 1010. The number of nitrogens with one attached hydrogen (secondary N) is 1. The summed E-state index contributed by atoms with van der Waals surface area (Å²) < 4.78 is 1.18. The number of aromatic nitrogens is 2. The Kier molecular flexibility index (Phi) is 4.46. The van der Waals surface area contributed by atoms with Crippen LogP contribution in [0, 0.1) is 15.5 Å². The molecule has 1 aromatic carbocycles. The maximum atomic E-state index is 12.6. The smallest absolute Gasteiger partial charge is 0.357 e. The molecule has 7 nitrogen and oxygen atoms in total. The number of nitrogens with zero attached hydrogens (tertiary/aromatic N) is 3. The Hall–Kier alpha value is -3.22. The number of rotatable bonds is 4. The highest BCUT2D eigenvalue weighted by atomic mass is 16.6. The average Bonchev–Trinajstić information content (AvgIpc) is 2.59. The van der Waals surface area contributed by atoms with Crippen LogP contribution in [-0.2, 0) is 0 Å².